The molecule has 2 heterocycles. The van der Waals surface area contributed by atoms with Crippen molar-refractivity contribution in [1.29, 1.82) is 0 Å². The summed E-state index contributed by atoms with van der Waals surface area (Å²) in [6.45, 7) is 0. The Balaban J connectivity index is 1.24. The van der Waals surface area contributed by atoms with E-state index in [1.807, 2.05) is 109 Å². The Morgan fingerprint density at radius 2 is 0.808 bits per heavy atom. The summed E-state index contributed by atoms with van der Waals surface area (Å²) in [5, 5.41) is 0. The Hall–Kier alpha value is -6.43. The zero-order valence-corrected chi connectivity index (χ0v) is 28.9. The Morgan fingerprint density at radius 1 is 0.385 bits per heavy atom. The van der Waals surface area contributed by atoms with E-state index in [-0.39, 0.29) is 0 Å². The Morgan fingerprint density at radius 3 is 1.35 bits per heavy atom. The highest BCUT2D eigenvalue weighted by Crippen LogP contribution is 2.55. The fourth-order valence-corrected chi connectivity index (χ4v) is 9.45. The first-order valence-electron chi connectivity index (χ1n) is 17.2. The van der Waals surface area contributed by atoms with Gasteiger partial charge in [0.05, 0.1) is 26.6 Å². The Labute approximate surface area is 303 Å². The van der Waals surface area contributed by atoms with Crippen LogP contribution in [-0.4, -0.2) is 18.4 Å². The lowest BCUT2D eigenvalue weighted by Gasteiger charge is -2.42. The van der Waals surface area contributed by atoms with Crippen LogP contribution in [0.5, 0.6) is 0 Å². The minimum absolute atomic E-state index is 0.326. The number of hydrogen-bond donors (Lipinski definition) is 0. The molecule has 248 valence electrons. The molecule has 0 spiro atoms. The van der Waals surface area contributed by atoms with E-state index in [0.717, 1.165) is 61.5 Å². The molecule has 0 unspecified atom stereocenters. The van der Waals surface area contributed by atoms with Gasteiger partial charge in [0.1, 0.15) is 0 Å². The van der Waals surface area contributed by atoms with E-state index in [0.29, 0.717) is 15.6 Å². The van der Waals surface area contributed by atoms with Gasteiger partial charge in [-0.3, -0.25) is 0 Å². The number of benzene rings is 7. The van der Waals surface area contributed by atoms with E-state index in [4.69, 9.17) is 9.97 Å². The molecular weight excluding hydrogens is 657 g/mol. The van der Waals surface area contributed by atoms with Crippen LogP contribution in [0.25, 0.3) is 45.0 Å². The molecule has 4 nitrogen and oxygen atoms in total. The second kappa shape index (κ2) is 12.7. The average Bonchev–Trinajstić information content (AvgIpc) is 3.22. The van der Waals surface area contributed by atoms with Crippen LogP contribution >= 0.6 is 0 Å². The van der Waals surface area contributed by atoms with Gasteiger partial charge < -0.3 is 0 Å². The first-order valence-corrected chi connectivity index (χ1v) is 18.7. The van der Waals surface area contributed by atoms with Crippen molar-refractivity contribution in [2.45, 2.75) is 15.2 Å². The molecule has 0 amide bonds. The summed E-state index contributed by atoms with van der Waals surface area (Å²) < 4.78 is 28.4. The maximum absolute atomic E-state index is 14.2. The standard InChI is InChI=1S/C47H32N2O2S/c50-52(51)44-26-14-12-24-40(44)47(37-20-8-3-9-21-37,41-25-13-15-27-45(41)52)39-23-11-10-22-38(39)33-28-30-36(31-29-33)46-48-42(34-16-4-1-5-17-34)32-43(49-46)35-18-6-2-7-19-35/h1-32H. The predicted octanol–water partition coefficient (Wildman–Crippen LogP) is 10.7. The molecule has 0 saturated heterocycles. The number of rotatable bonds is 6. The average molecular weight is 689 g/mol. The minimum Gasteiger partial charge on any atom is -0.228 e. The zero-order valence-electron chi connectivity index (χ0n) is 28.1. The van der Waals surface area contributed by atoms with Gasteiger partial charge in [-0.05, 0) is 51.6 Å². The van der Waals surface area contributed by atoms with Crippen molar-refractivity contribution < 1.29 is 8.42 Å². The second-order valence-corrected chi connectivity index (χ2v) is 14.8. The summed E-state index contributed by atoms with van der Waals surface area (Å²) in [4.78, 5) is 10.7. The van der Waals surface area contributed by atoms with E-state index < -0.39 is 15.3 Å². The van der Waals surface area contributed by atoms with Crippen LogP contribution in [0.1, 0.15) is 22.3 Å². The van der Waals surface area contributed by atoms with E-state index >= 15 is 0 Å². The van der Waals surface area contributed by atoms with Crippen molar-refractivity contribution in [1.82, 2.24) is 9.97 Å². The van der Waals surface area contributed by atoms with E-state index in [1.54, 1.807) is 12.1 Å². The van der Waals surface area contributed by atoms with Crippen LogP contribution in [0.2, 0.25) is 0 Å². The molecule has 9 rings (SSSR count). The lowest BCUT2D eigenvalue weighted by molar-refractivity contribution is 0.579. The first-order chi connectivity index (χ1) is 25.5. The number of sulfone groups is 1. The lowest BCUT2D eigenvalue weighted by Crippen LogP contribution is -2.38. The van der Waals surface area contributed by atoms with Crippen LogP contribution in [0.4, 0.5) is 0 Å². The molecule has 1 aliphatic rings. The maximum Gasteiger partial charge on any atom is 0.207 e. The van der Waals surface area contributed by atoms with Crippen LogP contribution in [-0.2, 0) is 15.3 Å². The van der Waals surface area contributed by atoms with Crippen molar-refractivity contribution >= 4 is 9.84 Å². The molecule has 1 aliphatic heterocycles. The Bertz CT molecular complexity index is 2570. The smallest absolute Gasteiger partial charge is 0.207 e. The number of aromatic nitrogens is 2. The predicted molar refractivity (Wildman–Crippen MR) is 208 cm³/mol. The molecule has 52 heavy (non-hydrogen) atoms. The molecule has 0 radical (unpaired) electrons. The van der Waals surface area contributed by atoms with Crippen LogP contribution < -0.4 is 0 Å². The first kappa shape index (κ1) is 31.5. The van der Waals surface area contributed by atoms with Crippen LogP contribution in [0, 0.1) is 0 Å². The number of fused-ring (bicyclic) bond motifs is 2. The molecule has 0 saturated carbocycles. The quantitative estimate of drug-likeness (QED) is 0.174. The third-order valence-electron chi connectivity index (χ3n) is 10.0. The van der Waals surface area contributed by atoms with Gasteiger partial charge in [0, 0.05) is 16.7 Å². The largest absolute Gasteiger partial charge is 0.228 e. The van der Waals surface area contributed by atoms with Gasteiger partial charge in [0.25, 0.3) is 0 Å². The highest BCUT2D eigenvalue weighted by atomic mass is 32.2. The summed E-state index contributed by atoms with van der Waals surface area (Å²) in [7, 11) is -3.76. The van der Waals surface area contributed by atoms with Crippen molar-refractivity contribution in [3.63, 3.8) is 0 Å². The summed E-state index contributed by atoms with van der Waals surface area (Å²) in [6.07, 6.45) is 0. The fraction of sp³-hybridized carbons (Fsp3) is 0.0213. The molecule has 0 bridgehead atoms. The monoisotopic (exact) mass is 688 g/mol. The van der Waals surface area contributed by atoms with Gasteiger partial charge in [-0.15, -0.1) is 0 Å². The topological polar surface area (TPSA) is 59.9 Å². The van der Waals surface area contributed by atoms with E-state index in [9.17, 15) is 8.42 Å². The van der Waals surface area contributed by atoms with E-state index in [1.165, 1.54) is 0 Å². The molecule has 0 atom stereocenters. The molecule has 5 heteroatoms. The summed E-state index contributed by atoms with van der Waals surface area (Å²) in [5.74, 6) is 0.640. The van der Waals surface area contributed by atoms with Crippen molar-refractivity contribution in [3.05, 3.63) is 216 Å². The van der Waals surface area contributed by atoms with Crippen molar-refractivity contribution in [2.75, 3.05) is 0 Å². The molecule has 0 fully saturated rings. The molecule has 0 N–H and O–H groups in total. The van der Waals surface area contributed by atoms with Crippen LogP contribution in [0.3, 0.4) is 0 Å². The van der Waals surface area contributed by atoms with Gasteiger partial charge in [-0.25, -0.2) is 18.4 Å². The number of hydrogen-bond acceptors (Lipinski definition) is 4. The molecule has 0 aliphatic carbocycles. The Kier molecular flexibility index (Phi) is 7.71. The highest BCUT2D eigenvalue weighted by Gasteiger charge is 2.49. The highest BCUT2D eigenvalue weighted by molar-refractivity contribution is 7.91. The summed E-state index contributed by atoms with van der Waals surface area (Å²) in [6, 6.07) is 64.3. The van der Waals surface area contributed by atoms with Gasteiger partial charge in [-0.1, -0.05) is 176 Å². The third-order valence-corrected chi connectivity index (χ3v) is 11.9. The third kappa shape index (κ3) is 5.09. The van der Waals surface area contributed by atoms with Gasteiger partial charge in [0.15, 0.2) is 5.82 Å². The SMILES string of the molecule is O=S1(=O)c2ccccc2C(c2ccccc2)(c2ccccc2-c2ccc(-c3nc(-c4ccccc4)cc(-c4ccccc4)n3)cc2)c2ccccc21. The van der Waals surface area contributed by atoms with Crippen LogP contribution in [0.15, 0.2) is 204 Å². The minimum atomic E-state index is -3.76. The molecular formula is C47H32N2O2S. The normalized spacial score (nSPS) is 13.8. The molecule has 7 aromatic carbocycles. The molecule has 8 aromatic rings. The van der Waals surface area contributed by atoms with Gasteiger partial charge in [-0.2, -0.15) is 0 Å². The molecule has 1 aromatic heterocycles. The fourth-order valence-electron chi connectivity index (χ4n) is 7.68. The van der Waals surface area contributed by atoms with Crippen molar-refractivity contribution in [3.8, 4) is 45.0 Å². The van der Waals surface area contributed by atoms with Crippen molar-refractivity contribution in [2.24, 2.45) is 0 Å². The number of nitrogens with zero attached hydrogens (tertiary/aromatic N) is 2. The second-order valence-electron chi connectivity index (χ2n) is 12.9. The van der Waals surface area contributed by atoms with Gasteiger partial charge >= 0.3 is 0 Å². The zero-order chi connectivity index (χ0) is 35.1. The lowest BCUT2D eigenvalue weighted by atomic mass is 9.63. The summed E-state index contributed by atoms with van der Waals surface area (Å²) >= 11 is 0. The summed E-state index contributed by atoms with van der Waals surface area (Å²) in [5.41, 5.74) is 9.22. The van der Waals surface area contributed by atoms with Gasteiger partial charge in [0.2, 0.25) is 9.84 Å². The maximum atomic E-state index is 14.2. The van der Waals surface area contributed by atoms with E-state index in [2.05, 4.69) is 72.8 Å².